The summed E-state index contributed by atoms with van der Waals surface area (Å²) in [5, 5.41) is 0. The molecule has 0 aromatic rings. The Morgan fingerprint density at radius 3 is 2.44 bits per heavy atom. The van der Waals surface area contributed by atoms with Crippen LogP contribution < -0.4 is 0 Å². The van der Waals surface area contributed by atoms with Gasteiger partial charge in [-0.05, 0) is 13.3 Å². The van der Waals surface area contributed by atoms with Crippen LogP contribution in [-0.2, 0) is 0 Å². The molecule has 0 aromatic carbocycles. The minimum Gasteiger partial charge on any atom is -0.122 e. The van der Waals surface area contributed by atoms with E-state index in [9.17, 15) is 0 Å². The van der Waals surface area contributed by atoms with Gasteiger partial charge in [0.2, 0.25) is 0 Å². The van der Waals surface area contributed by atoms with Crippen LogP contribution in [-0.4, -0.2) is 10.7 Å². The van der Waals surface area contributed by atoms with Gasteiger partial charge in [0.05, 0.1) is 0 Å². The van der Waals surface area contributed by atoms with Crippen molar-refractivity contribution in [1.82, 2.24) is 0 Å². The number of hydrogen-bond acceptors (Lipinski definition) is 0. The maximum Gasteiger partial charge on any atom is 0.111 e. The largest absolute Gasteiger partial charge is 0.122 e. The summed E-state index contributed by atoms with van der Waals surface area (Å²) >= 11 is 16.4. The van der Waals surface area contributed by atoms with Crippen molar-refractivity contribution in [2.24, 2.45) is 0 Å². The van der Waals surface area contributed by atoms with Crippen molar-refractivity contribution in [3.63, 3.8) is 0 Å². The van der Waals surface area contributed by atoms with Crippen molar-refractivity contribution < 1.29 is 0 Å². The molecule has 9 heavy (non-hydrogen) atoms. The Morgan fingerprint density at radius 1 is 1.56 bits per heavy atom. The third-order valence-corrected chi connectivity index (χ3v) is 1.63. The van der Waals surface area contributed by atoms with Crippen molar-refractivity contribution in [3.8, 4) is 0 Å². The minimum absolute atomic E-state index is 0.303. The van der Waals surface area contributed by atoms with E-state index in [0.29, 0.717) is 12.3 Å². The lowest BCUT2D eigenvalue weighted by molar-refractivity contribution is 1.12. The first-order valence-corrected chi connectivity index (χ1v) is 4.07. The lowest BCUT2D eigenvalue weighted by Crippen LogP contribution is -1.84. The lowest BCUT2D eigenvalue weighted by atomic mass is 10.3. The first-order valence-electron chi connectivity index (χ1n) is 2.66. The van der Waals surface area contributed by atoms with Crippen LogP contribution in [0.2, 0.25) is 0 Å². The van der Waals surface area contributed by atoms with E-state index in [4.69, 9.17) is 34.8 Å². The molecule has 0 unspecified atom stereocenters. The first kappa shape index (κ1) is 9.61. The normalized spacial score (nSPS) is 12.8. The Balaban J connectivity index is 3.43. The number of alkyl halides is 3. The topological polar surface area (TPSA) is 0 Å². The number of allylic oxidation sites excluding steroid dienone is 2. The Kier molecular flexibility index (Phi) is 5.77. The van der Waals surface area contributed by atoms with Gasteiger partial charge in [0.15, 0.2) is 0 Å². The van der Waals surface area contributed by atoms with E-state index in [2.05, 4.69) is 0 Å². The zero-order valence-electron chi connectivity index (χ0n) is 5.20. The van der Waals surface area contributed by atoms with Gasteiger partial charge in [-0.25, -0.2) is 0 Å². The van der Waals surface area contributed by atoms with Crippen LogP contribution in [0.4, 0.5) is 0 Å². The van der Waals surface area contributed by atoms with Gasteiger partial charge in [-0.15, -0.1) is 34.8 Å². The van der Waals surface area contributed by atoms with Crippen molar-refractivity contribution in [2.45, 2.75) is 18.2 Å². The SMILES string of the molecule is CC(=CCC(Cl)Cl)CCl. The smallest absolute Gasteiger partial charge is 0.111 e. The molecule has 0 bridgehead atoms. The summed E-state index contributed by atoms with van der Waals surface area (Å²) in [7, 11) is 0. The number of hydrogen-bond donors (Lipinski definition) is 0. The van der Waals surface area contributed by atoms with Gasteiger partial charge in [-0.1, -0.05) is 11.6 Å². The van der Waals surface area contributed by atoms with E-state index in [1.807, 2.05) is 13.0 Å². The van der Waals surface area contributed by atoms with Gasteiger partial charge in [0.1, 0.15) is 4.84 Å². The average Bonchev–Trinajstić information content (AvgIpc) is 1.83. The standard InChI is InChI=1S/C6H9Cl3/c1-5(4-7)2-3-6(8)9/h2,6H,3-4H2,1H3. The molecule has 0 aliphatic rings. The third kappa shape index (κ3) is 6.50. The molecule has 3 heteroatoms. The predicted molar refractivity (Wildman–Crippen MR) is 44.6 cm³/mol. The monoisotopic (exact) mass is 186 g/mol. The van der Waals surface area contributed by atoms with Crippen LogP contribution in [0.1, 0.15) is 13.3 Å². The van der Waals surface area contributed by atoms with Crippen molar-refractivity contribution in [1.29, 1.82) is 0 Å². The summed E-state index contributed by atoms with van der Waals surface area (Å²) < 4.78 is 0. The van der Waals surface area contributed by atoms with Crippen molar-refractivity contribution in [2.75, 3.05) is 5.88 Å². The highest BCUT2D eigenvalue weighted by Gasteiger charge is 1.93. The Labute approximate surface area is 70.8 Å². The number of rotatable bonds is 3. The Bertz CT molecular complexity index is 96.5. The molecule has 0 heterocycles. The van der Waals surface area contributed by atoms with Crippen LogP contribution in [0, 0.1) is 0 Å². The van der Waals surface area contributed by atoms with Gasteiger partial charge in [0.25, 0.3) is 0 Å². The molecule has 0 nitrogen and oxygen atoms in total. The highest BCUT2D eigenvalue weighted by atomic mass is 35.5. The van der Waals surface area contributed by atoms with E-state index in [0.717, 1.165) is 5.57 Å². The van der Waals surface area contributed by atoms with E-state index < -0.39 is 0 Å². The van der Waals surface area contributed by atoms with Crippen molar-refractivity contribution in [3.05, 3.63) is 11.6 Å². The van der Waals surface area contributed by atoms with E-state index in [1.165, 1.54) is 0 Å². The second-order valence-electron chi connectivity index (χ2n) is 1.81. The van der Waals surface area contributed by atoms with Gasteiger partial charge >= 0.3 is 0 Å². The zero-order valence-corrected chi connectivity index (χ0v) is 7.47. The molecule has 0 aliphatic heterocycles. The molecule has 0 radical (unpaired) electrons. The first-order chi connectivity index (χ1) is 4.16. The minimum atomic E-state index is -0.303. The molecule has 0 saturated heterocycles. The molecule has 0 spiro atoms. The summed E-state index contributed by atoms with van der Waals surface area (Å²) in [5.41, 5.74) is 1.11. The van der Waals surface area contributed by atoms with E-state index >= 15 is 0 Å². The molecule has 0 fully saturated rings. The highest BCUT2D eigenvalue weighted by molar-refractivity contribution is 6.44. The average molecular weight is 187 g/mol. The molecular weight excluding hydrogens is 178 g/mol. The molecular formula is C6H9Cl3. The zero-order chi connectivity index (χ0) is 7.28. The van der Waals surface area contributed by atoms with Gasteiger partial charge in [0, 0.05) is 5.88 Å². The van der Waals surface area contributed by atoms with Gasteiger partial charge in [-0.3, -0.25) is 0 Å². The van der Waals surface area contributed by atoms with Crippen LogP contribution in [0.25, 0.3) is 0 Å². The molecule has 0 N–H and O–H groups in total. The molecule has 0 rings (SSSR count). The van der Waals surface area contributed by atoms with Crippen LogP contribution in [0.15, 0.2) is 11.6 Å². The fraction of sp³-hybridized carbons (Fsp3) is 0.667. The van der Waals surface area contributed by atoms with Crippen LogP contribution in [0.3, 0.4) is 0 Å². The fourth-order valence-electron chi connectivity index (χ4n) is 0.345. The molecule has 0 saturated carbocycles. The Hall–Kier alpha value is 0.610. The number of halogens is 3. The summed E-state index contributed by atoms with van der Waals surface area (Å²) in [6, 6.07) is 0. The summed E-state index contributed by atoms with van der Waals surface area (Å²) in [5.74, 6) is 0.556. The maximum absolute atomic E-state index is 5.48. The summed E-state index contributed by atoms with van der Waals surface area (Å²) in [6.45, 7) is 1.95. The van der Waals surface area contributed by atoms with Crippen molar-refractivity contribution >= 4 is 34.8 Å². The summed E-state index contributed by atoms with van der Waals surface area (Å²) in [4.78, 5) is -0.303. The second-order valence-corrected chi connectivity index (χ2v) is 3.36. The fourth-order valence-corrected chi connectivity index (χ4v) is 0.632. The molecule has 0 aromatic heterocycles. The maximum atomic E-state index is 5.48. The van der Waals surface area contributed by atoms with Gasteiger partial charge in [-0.2, -0.15) is 0 Å². The Morgan fingerprint density at radius 2 is 2.11 bits per heavy atom. The quantitative estimate of drug-likeness (QED) is 0.469. The summed E-state index contributed by atoms with van der Waals surface area (Å²) in [6.07, 6.45) is 2.62. The predicted octanol–water partition coefficient (Wildman–Crippen LogP) is 3.37. The molecule has 0 atom stereocenters. The molecule has 0 amide bonds. The third-order valence-electron chi connectivity index (χ3n) is 0.855. The lowest BCUT2D eigenvalue weighted by Gasteiger charge is -1.94. The van der Waals surface area contributed by atoms with E-state index in [-0.39, 0.29) is 4.84 Å². The molecule has 0 aliphatic carbocycles. The molecule has 54 valence electrons. The van der Waals surface area contributed by atoms with E-state index in [1.54, 1.807) is 0 Å². The highest BCUT2D eigenvalue weighted by Crippen LogP contribution is 2.09. The van der Waals surface area contributed by atoms with Crippen LogP contribution in [0.5, 0.6) is 0 Å². The van der Waals surface area contributed by atoms with Crippen LogP contribution >= 0.6 is 34.8 Å². The second kappa shape index (κ2) is 5.40. The van der Waals surface area contributed by atoms with Gasteiger partial charge < -0.3 is 0 Å².